The van der Waals surface area contributed by atoms with Gasteiger partial charge in [0.2, 0.25) is 0 Å². The van der Waals surface area contributed by atoms with E-state index in [1.165, 1.54) is 6.07 Å². The summed E-state index contributed by atoms with van der Waals surface area (Å²) >= 11 is 0. The number of nitrogens with two attached hydrogens (primary N) is 1. The number of hydrogen-bond donors (Lipinski definition) is 4. The fraction of sp³-hybridized carbons (Fsp3) is 0.548. The number of esters is 1. The van der Waals surface area contributed by atoms with Gasteiger partial charge in [0.05, 0.1) is 11.9 Å². The number of ether oxygens (including phenoxy) is 3. The SMILES string of the molecule is CNCC1CCC2(OC2CCC2=CCNC(N)=C2)C(=O)OC2C(C1)c1c(cc3oc(C)cc(=O)c3c1O)OC2(C)C. The van der Waals surface area contributed by atoms with E-state index in [0.717, 1.165) is 18.4 Å². The summed E-state index contributed by atoms with van der Waals surface area (Å²) < 4.78 is 24.7. The molecule has 1 spiro atoms. The Kier molecular flexibility index (Phi) is 6.81. The highest BCUT2D eigenvalue weighted by molar-refractivity contribution is 5.88. The Morgan fingerprint density at radius 3 is 2.80 bits per heavy atom. The molecule has 0 bridgehead atoms. The minimum Gasteiger partial charge on any atom is -0.507 e. The minimum absolute atomic E-state index is 0.108. The number of phenols is 1. The van der Waals surface area contributed by atoms with Crippen molar-refractivity contribution in [3.63, 3.8) is 0 Å². The van der Waals surface area contributed by atoms with Crippen LogP contribution in [0.15, 0.2) is 44.9 Å². The molecule has 10 nitrogen and oxygen atoms in total. The van der Waals surface area contributed by atoms with Crippen LogP contribution in [-0.2, 0) is 14.3 Å². The Balaban J connectivity index is 1.35. The maximum absolute atomic E-state index is 13.9. The van der Waals surface area contributed by atoms with Crippen molar-refractivity contribution in [1.82, 2.24) is 10.6 Å². The Morgan fingerprint density at radius 2 is 2.05 bits per heavy atom. The van der Waals surface area contributed by atoms with Crippen molar-refractivity contribution in [1.29, 1.82) is 0 Å². The maximum Gasteiger partial charge on any atom is 0.341 e. The third-order valence-electron chi connectivity index (χ3n) is 9.02. The number of epoxide rings is 1. The number of aromatic hydroxyl groups is 1. The van der Waals surface area contributed by atoms with E-state index in [2.05, 4.69) is 16.7 Å². The highest BCUT2D eigenvalue weighted by Crippen LogP contribution is 2.54. The second-order valence-electron chi connectivity index (χ2n) is 12.4. The van der Waals surface area contributed by atoms with E-state index in [4.69, 9.17) is 24.4 Å². The first-order chi connectivity index (χ1) is 19.5. The van der Waals surface area contributed by atoms with E-state index in [0.29, 0.717) is 55.2 Å². The number of nitrogens with one attached hydrogen (secondary N) is 2. The molecular weight excluding hydrogens is 526 g/mol. The summed E-state index contributed by atoms with van der Waals surface area (Å²) in [5.41, 5.74) is 5.55. The number of aryl methyl sites for hydroxylation is 1. The lowest BCUT2D eigenvalue weighted by molar-refractivity contribution is -0.170. The summed E-state index contributed by atoms with van der Waals surface area (Å²) in [6.07, 6.45) is 6.39. The van der Waals surface area contributed by atoms with Crippen LogP contribution in [0.2, 0.25) is 0 Å². The van der Waals surface area contributed by atoms with Gasteiger partial charge >= 0.3 is 5.97 Å². The number of allylic oxidation sites excluding steroid dienone is 2. The Hall–Kier alpha value is -3.50. The third kappa shape index (κ3) is 4.86. The summed E-state index contributed by atoms with van der Waals surface area (Å²) in [7, 11) is 1.91. The van der Waals surface area contributed by atoms with Crippen molar-refractivity contribution in [3.05, 3.63) is 57.2 Å². The zero-order valence-corrected chi connectivity index (χ0v) is 24.0. The van der Waals surface area contributed by atoms with Crippen LogP contribution in [0.4, 0.5) is 0 Å². The number of dihydropyridines is 1. The molecule has 4 aliphatic rings. The first kappa shape index (κ1) is 27.7. The van der Waals surface area contributed by atoms with E-state index in [-0.39, 0.29) is 34.2 Å². The number of hydrogen-bond acceptors (Lipinski definition) is 10. The monoisotopic (exact) mass is 565 g/mol. The molecule has 0 saturated carbocycles. The molecule has 5 unspecified atom stereocenters. The molecule has 6 rings (SSSR count). The predicted molar refractivity (Wildman–Crippen MR) is 153 cm³/mol. The normalized spacial score (nSPS) is 30.4. The summed E-state index contributed by atoms with van der Waals surface area (Å²) in [6, 6.07) is 3.04. The molecule has 4 aliphatic heterocycles. The van der Waals surface area contributed by atoms with Crippen LogP contribution in [0.3, 0.4) is 0 Å². The van der Waals surface area contributed by atoms with Gasteiger partial charge in [0.15, 0.2) is 11.0 Å². The highest BCUT2D eigenvalue weighted by Gasteiger charge is 2.65. The van der Waals surface area contributed by atoms with Gasteiger partial charge in [-0.2, -0.15) is 0 Å². The molecule has 2 aromatic rings. The van der Waals surface area contributed by atoms with E-state index in [1.54, 1.807) is 13.0 Å². The van der Waals surface area contributed by atoms with Gasteiger partial charge in [-0.3, -0.25) is 4.79 Å². The zero-order chi connectivity index (χ0) is 29.1. The standard InChI is InChI=1S/C31H39N3O7/c1-16-11-20(35)26-21(38-16)14-22-25(27(26)36)19-12-18(15-33-4)7-9-31(29(37)39-28(19)30(2,3)40-22)23(41-31)6-5-17-8-10-34-24(32)13-17/h8,11,13-14,18-19,23,28,33-34,36H,5-7,9-10,12,15,32H2,1-4H3. The fourth-order valence-electron chi connectivity index (χ4n) is 6.98. The number of phenolic OH excluding ortho intramolecular Hbond substituents is 1. The smallest absolute Gasteiger partial charge is 0.341 e. The van der Waals surface area contributed by atoms with Gasteiger partial charge in [-0.25, -0.2) is 4.79 Å². The molecule has 1 aromatic heterocycles. The van der Waals surface area contributed by atoms with Crippen molar-refractivity contribution < 1.29 is 28.5 Å². The van der Waals surface area contributed by atoms with Crippen LogP contribution in [0.1, 0.15) is 63.2 Å². The number of carbonyl (C=O) groups is 1. The minimum atomic E-state index is -1.01. The van der Waals surface area contributed by atoms with Crippen LogP contribution in [-0.4, -0.2) is 54.6 Å². The van der Waals surface area contributed by atoms with Crippen molar-refractivity contribution in [2.75, 3.05) is 20.1 Å². The Bertz CT molecular complexity index is 1510. The summed E-state index contributed by atoms with van der Waals surface area (Å²) in [4.78, 5) is 26.8. The zero-order valence-electron chi connectivity index (χ0n) is 24.0. The molecule has 41 heavy (non-hydrogen) atoms. The number of benzene rings is 1. The van der Waals surface area contributed by atoms with Gasteiger partial charge < -0.3 is 40.1 Å². The Morgan fingerprint density at radius 1 is 1.24 bits per heavy atom. The van der Waals surface area contributed by atoms with Crippen LogP contribution in [0.5, 0.6) is 11.5 Å². The first-order valence-corrected chi connectivity index (χ1v) is 14.5. The molecule has 5 N–H and O–H groups in total. The number of carbonyl (C=O) groups excluding carboxylic acids is 1. The van der Waals surface area contributed by atoms with Crippen LogP contribution in [0.25, 0.3) is 11.0 Å². The van der Waals surface area contributed by atoms with E-state index in [1.807, 2.05) is 27.0 Å². The number of rotatable bonds is 5. The van der Waals surface area contributed by atoms with Crippen molar-refractivity contribution in [2.45, 2.75) is 82.2 Å². The summed E-state index contributed by atoms with van der Waals surface area (Å²) in [6.45, 7) is 6.87. The summed E-state index contributed by atoms with van der Waals surface area (Å²) in [5.74, 6) is 0.708. The van der Waals surface area contributed by atoms with Crippen molar-refractivity contribution >= 4 is 16.9 Å². The lowest BCUT2D eigenvalue weighted by Gasteiger charge is -2.45. The molecule has 0 radical (unpaired) electrons. The van der Waals surface area contributed by atoms with Crippen molar-refractivity contribution in [2.24, 2.45) is 11.7 Å². The molecule has 220 valence electrons. The molecule has 0 aliphatic carbocycles. The Labute approximate surface area is 238 Å². The summed E-state index contributed by atoms with van der Waals surface area (Å²) in [5, 5.41) is 18.0. The molecule has 5 atom stereocenters. The quantitative estimate of drug-likeness (QED) is 0.314. The number of fused-ring (bicyclic) bond motifs is 4. The van der Waals surface area contributed by atoms with E-state index in [9.17, 15) is 14.7 Å². The second kappa shape index (κ2) is 10.1. The van der Waals surface area contributed by atoms with Crippen LogP contribution in [0, 0.1) is 12.8 Å². The molecule has 10 heteroatoms. The van der Waals surface area contributed by atoms with Crippen LogP contribution >= 0.6 is 0 Å². The van der Waals surface area contributed by atoms with E-state index >= 15 is 0 Å². The van der Waals surface area contributed by atoms with Gasteiger partial charge in [0.1, 0.15) is 39.9 Å². The largest absolute Gasteiger partial charge is 0.507 e. The van der Waals surface area contributed by atoms with Gasteiger partial charge in [-0.05, 0) is 84.0 Å². The highest BCUT2D eigenvalue weighted by atomic mass is 16.7. The van der Waals surface area contributed by atoms with Gasteiger partial charge in [-0.15, -0.1) is 0 Å². The molecule has 0 amide bonds. The lowest BCUT2D eigenvalue weighted by Crippen LogP contribution is -2.52. The topological polar surface area (TPSA) is 149 Å². The fourth-order valence-corrected chi connectivity index (χ4v) is 6.98. The molecular formula is C31H39N3O7. The molecule has 5 heterocycles. The first-order valence-electron chi connectivity index (χ1n) is 14.5. The molecule has 2 fully saturated rings. The van der Waals surface area contributed by atoms with Gasteiger partial charge in [0.25, 0.3) is 0 Å². The average molecular weight is 566 g/mol. The van der Waals surface area contributed by atoms with Gasteiger partial charge in [0, 0.05) is 30.2 Å². The second-order valence-corrected chi connectivity index (χ2v) is 12.4. The maximum atomic E-state index is 13.9. The average Bonchev–Trinajstić information content (AvgIpc) is 3.60. The van der Waals surface area contributed by atoms with Crippen molar-refractivity contribution in [3.8, 4) is 11.5 Å². The predicted octanol–water partition coefficient (Wildman–Crippen LogP) is 3.24. The van der Waals surface area contributed by atoms with Gasteiger partial charge in [-0.1, -0.05) is 6.08 Å². The molecule has 1 aromatic carbocycles. The van der Waals surface area contributed by atoms with E-state index < -0.39 is 29.2 Å². The third-order valence-corrected chi connectivity index (χ3v) is 9.02. The lowest BCUT2D eigenvalue weighted by atomic mass is 9.75. The van der Waals surface area contributed by atoms with Crippen LogP contribution < -0.4 is 26.5 Å². The molecule has 2 saturated heterocycles.